The lowest BCUT2D eigenvalue weighted by Crippen LogP contribution is -2.17. The number of nitro groups is 1. The number of benzene rings is 3. The van der Waals surface area contributed by atoms with E-state index in [1.54, 1.807) is 6.21 Å². The van der Waals surface area contributed by atoms with Gasteiger partial charge in [-0.05, 0) is 47.2 Å². The molecule has 1 amide bonds. The van der Waals surface area contributed by atoms with Gasteiger partial charge in [0.1, 0.15) is 5.58 Å². The van der Waals surface area contributed by atoms with Gasteiger partial charge in [0.2, 0.25) is 0 Å². The van der Waals surface area contributed by atoms with E-state index in [-0.39, 0.29) is 11.4 Å². The highest BCUT2D eigenvalue weighted by Gasteiger charge is 2.14. The average Bonchev–Trinajstić information content (AvgIpc) is 3.45. The summed E-state index contributed by atoms with van der Waals surface area (Å²) in [5.74, 6) is -0.536. The van der Waals surface area contributed by atoms with Crippen LogP contribution in [0.25, 0.3) is 27.4 Å². The molecule has 2 aromatic heterocycles. The molecule has 8 heteroatoms. The first kappa shape index (κ1) is 19.3. The number of non-ortho nitro benzene ring substituents is 1. The summed E-state index contributed by atoms with van der Waals surface area (Å²) in [5, 5.41) is 17.7. The summed E-state index contributed by atoms with van der Waals surface area (Å²) < 4.78 is 7.43. The molecular formula is C24H16N4O4. The number of amides is 1. The number of aromatic nitrogens is 1. The minimum Gasteiger partial charge on any atom is -0.451 e. The van der Waals surface area contributed by atoms with Crippen LogP contribution in [0, 0.1) is 10.1 Å². The first-order valence-corrected chi connectivity index (χ1v) is 9.76. The lowest BCUT2D eigenvalue weighted by atomic mass is 10.1. The number of hydrogen-bond donors (Lipinski definition) is 1. The van der Waals surface area contributed by atoms with Gasteiger partial charge >= 0.3 is 5.91 Å². The summed E-state index contributed by atoms with van der Waals surface area (Å²) >= 11 is 0. The maximum Gasteiger partial charge on any atom is 0.307 e. The highest BCUT2D eigenvalue weighted by molar-refractivity contribution is 5.97. The van der Waals surface area contributed by atoms with Crippen molar-refractivity contribution in [1.29, 1.82) is 0 Å². The second-order valence-corrected chi connectivity index (χ2v) is 7.12. The third-order valence-corrected chi connectivity index (χ3v) is 5.09. The number of furan rings is 1. The fourth-order valence-electron chi connectivity index (χ4n) is 3.53. The average molecular weight is 424 g/mol. The number of carbonyl (C=O) groups is 1. The monoisotopic (exact) mass is 424 g/mol. The molecule has 0 unspecified atom stereocenters. The van der Waals surface area contributed by atoms with Crippen molar-refractivity contribution in [2.75, 3.05) is 0 Å². The predicted octanol–water partition coefficient (Wildman–Crippen LogP) is 5.05. The van der Waals surface area contributed by atoms with Crippen LogP contribution in [0.4, 0.5) is 5.69 Å². The van der Waals surface area contributed by atoms with Crippen molar-refractivity contribution in [1.82, 2.24) is 9.99 Å². The summed E-state index contributed by atoms with van der Waals surface area (Å²) in [4.78, 5) is 22.8. The van der Waals surface area contributed by atoms with E-state index < -0.39 is 10.8 Å². The number of rotatable bonds is 5. The molecule has 0 atom stereocenters. The fourth-order valence-corrected chi connectivity index (χ4v) is 3.53. The Hall–Kier alpha value is -4.72. The molecule has 1 N–H and O–H groups in total. The normalized spacial score (nSPS) is 11.4. The van der Waals surface area contributed by atoms with E-state index >= 15 is 0 Å². The van der Waals surface area contributed by atoms with Gasteiger partial charge in [0.05, 0.1) is 16.8 Å². The number of hydrazone groups is 1. The molecule has 5 aromatic rings. The minimum absolute atomic E-state index is 0.0163. The van der Waals surface area contributed by atoms with Crippen molar-refractivity contribution in [2.24, 2.45) is 5.10 Å². The van der Waals surface area contributed by atoms with E-state index in [0.717, 1.165) is 22.2 Å². The van der Waals surface area contributed by atoms with Gasteiger partial charge in [-0.15, -0.1) is 0 Å². The Morgan fingerprint density at radius 1 is 0.969 bits per heavy atom. The van der Waals surface area contributed by atoms with Gasteiger partial charge in [-0.2, -0.15) is 5.10 Å². The summed E-state index contributed by atoms with van der Waals surface area (Å²) in [6, 6.07) is 23.6. The van der Waals surface area contributed by atoms with Crippen molar-refractivity contribution >= 4 is 39.6 Å². The van der Waals surface area contributed by atoms with Gasteiger partial charge in [0, 0.05) is 29.4 Å². The molecule has 32 heavy (non-hydrogen) atoms. The molecule has 0 aliphatic rings. The first-order chi connectivity index (χ1) is 15.6. The molecule has 3 aromatic carbocycles. The van der Waals surface area contributed by atoms with Gasteiger partial charge < -0.3 is 8.98 Å². The van der Waals surface area contributed by atoms with Crippen molar-refractivity contribution in [2.45, 2.75) is 0 Å². The number of carbonyl (C=O) groups excluding carboxylic acids is 1. The predicted molar refractivity (Wildman–Crippen MR) is 121 cm³/mol. The maximum atomic E-state index is 12.4. The second kappa shape index (κ2) is 7.84. The van der Waals surface area contributed by atoms with Crippen LogP contribution in [0.15, 0.2) is 94.6 Å². The van der Waals surface area contributed by atoms with Gasteiger partial charge in [0.25, 0.3) is 5.69 Å². The Balaban J connectivity index is 1.34. The second-order valence-electron chi connectivity index (χ2n) is 7.12. The Labute approximate surface area is 181 Å². The van der Waals surface area contributed by atoms with Crippen molar-refractivity contribution < 1.29 is 14.1 Å². The van der Waals surface area contributed by atoms with Crippen LogP contribution in [0.1, 0.15) is 16.2 Å². The van der Waals surface area contributed by atoms with Crippen molar-refractivity contribution in [3.63, 3.8) is 0 Å². The summed E-state index contributed by atoms with van der Waals surface area (Å²) in [5.41, 5.74) is 4.50. The zero-order chi connectivity index (χ0) is 22.1. The Morgan fingerprint density at radius 3 is 2.66 bits per heavy atom. The van der Waals surface area contributed by atoms with Gasteiger partial charge in [0.15, 0.2) is 5.76 Å². The molecule has 0 aliphatic heterocycles. The molecule has 0 aliphatic carbocycles. The Morgan fingerprint density at radius 2 is 1.81 bits per heavy atom. The van der Waals surface area contributed by atoms with Crippen LogP contribution >= 0.6 is 0 Å². The molecule has 0 spiro atoms. The third kappa shape index (κ3) is 3.61. The number of nitro benzene ring substituents is 1. The fraction of sp³-hybridized carbons (Fsp3) is 0. The summed E-state index contributed by atoms with van der Waals surface area (Å²) in [7, 11) is 0. The first-order valence-electron chi connectivity index (χ1n) is 9.76. The largest absolute Gasteiger partial charge is 0.451 e. The minimum atomic E-state index is -0.552. The maximum absolute atomic E-state index is 12.4. The summed E-state index contributed by atoms with van der Waals surface area (Å²) in [6.45, 7) is 0. The molecular weight excluding hydrogens is 408 g/mol. The van der Waals surface area contributed by atoms with E-state index in [4.69, 9.17) is 4.42 Å². The highest BCUT2D eigenvalue weighted by Crippen LogP contribution is 2.24. The van der Waals surface area contributed by atoms with Crippen LogP contribution < -0.4 is 5.43 Å². The van der Waals surface area contributed by atoms with Gasteiger partial charge in [-0.1, -0.05) is 30.3 Å². The lowest BCUT2D eigenvalue weighted by Gasteiger charge is -2.08. The molecule has 0 bridgehead atoms. The van der Waals surface area contributed by atoms with Crippen LogP contribution in [-0.2, 0) is 0 Å². The van der Waals surface area contributed by atoms with Crippen LogP contribution in [0.5, 0.6) is 0 Å². The van der Waals surface area contributed by atoms with Gasteiger partial charge in [-0.3, -0.25) is 14.9 Å². The SMILES string of the molecule is O=C(N/N=C/c1cccn1-c1ccc2ccccc2c1)c1cc2cc([N+](=O)[O-])ccc2o1. The number of nitrogens with one attached hydrogen (secondary N) is 1. The molecule has 2 heterocycles. The molecule has 5 rings (SSSR count). The van der Waals surface area contributed by atoms with Crippen LogP contribution in [0.3, 0.4) is 0 Å². The van der Waals surface area contributed by atoms with E-state index in [1.807, 2.05) is 41.1 Å². The van der Waals surface area contributed by atoms with Crippen LogP contribution in [-0.4, -0.2) is 21.6 Å². The molecule has 0 radical (unpaired) electrons. The lowest BCUT2D eigenvalue weighted by molar-refractivity contribution is -0.384. The summed E-state index contributed by atoms with van der Waals surface area (Å²) in [6.07, 6.45) is 3.46. The quantitative estimate of drug-likeness (QED) is 0.242. The Bertz CT molecular complexity index is 1510. The number of nitrogens with zero attached hydrogens (tertiary/aromatic N) is 3. The van der Waals surface area contributed by atoms with E-state index in [9.17, 15) is 14.9 Å². The molecule has 0 saturated carbocycles. The smallest absolute Gasteiger partial charge is 0.307 e. The number of fused-ring (bicyclic) bond motifs is 2. The topological polar surface area (TPSA) is 103 Å². The zero-order valence-electron chi connectivity index (χ0n) is 16.6. The molecule has 8 nitrogen and oxygen atoms in total. The standard InChI is InChI=1S/C24H16N4O4/c29-24(23-14-18-13-20(28(30)31)9-10-22(18)32-23)26-25-15-21-6-3-11-27(21)19-8-7-16-4-1-2-5-17(16)12-19/h1-15H,(H,26,29)/b25-15+. The van der Waals surface area contributed by atoms with Gasteiger partial charge in [-0.25, -0.2) is 5.43 Å². The number of hydrogen-bond acceptors (Lipinski definition) is 5. The molecule has 156 valence electrons. The van der Waals surface area contributed by atoms with E-state index in [2.05, 4.69) is 34.8 Å². The highest BCUT2D eigenvalue weighted by atomic mass is 16.6. The van der Waals surface area contributed by atoms with Crippen molar-refractivity contribution in [3.8, 4) is 5.69 Å². The van der Waals surface area contributed by atoms with Crippen LogP contribution in [0.2, 0.25) is 0 Å². The zero-order valence-corrected chi connectivity index (χ0v) is 16.6. The third-order valence-electron chi connectivity index (χ3n) is 5.09. The molecule has 0 saturated heterocycles. The molecule has 0 fully saturated rings. The van der Waals surface area contributed by atoms with Crippen molar-refractivity contribution in [3.05, 3.63) is 107 Å². The van der Waals surface area contributed by atoms with E-state index in [0.29, 0.717) is 11.0 Å². The Kier molecular flexibility index (Phi) is 4.72. The van der Waals surface area contributed by atoms with E-state index in [1.165, 1.54) is 24.3 Å².